The molecule has 0 atom stereocenters. The van der Waals surface area contributed by atoms with Crippen LogP contribution in [0.25, 0.3) is 17.0 Å². The van der Waals surface area contributed by atoms with E-state index in [1.807, 2.05) is 61.5 Å². The Morgan fingerprint density at radius 1 is 0.882 bits per heavy atom. The molecule has 0 radical (unpaired) electrons. The lowest BCUT2D eigenvalue weighted by atomic mass is 10.0. The van der Waals surface area contributed by atoms with Crippen molar-refractivity contribution in [1.82, 2.24) is 9.88 Å². The molecule has 1 N–H and O–H groups in total. The number of carbonyl (C=O) groups is 3. The van der Waals surface area contributed by atoms with E-state index in [0.29, 0.717) is 6.54 Å². The van der Waals surface area contributed by atoms with Crippen LogP contribution in [0.2, 0.25) is 0 Å². The van der Waals surface area contributed by atoms with Gasteiger partial charge in [-0.15, -0.1) is 0 Å². The zero-order chi connectivity index (χ0) is 23.8. The summed E-state index contributed by atoms with van der Waals surface area (Å²) in [6.07, 6.45) is 1.53. The van der Waals surface area contributed by atoms with Crippen LogP contribution in [0.3, 0.4) is 0 Å². The number of rotatable bonds is 4. The zero-order valence-corrected chi connectivity index (χ0v) is 18.3. The first-order valence-corrected chi connectivity index (χ1v) is 10.7. The molecule has 4 amide bonds. The van der Waals surface area contributed by atoms with Gasteiger partial charge in [0.25, 0.3) is 11.8 Å². The number of benzene rings is 3. The van der Waals surface area contributed by atoms with Crippen LogP contribution in [0.1, 0.15) is 16.8 Å². The molecule has 4 aromatic rings. The number of aromatic nitrogens is 1. The Labute approximate surface area is 194 Å². The van der Waals surface area contributed by atoms with Crippen LogP contribution in [0.5, 0.6) is 0 Å². The summed E-state index contributed by atoms with van der Waals surface area (Å²) in [6.45, 7) is 2.56. The number of urea groups is 1. The molecular formula is C27H20FN3O3. The second-order valence-electron chi connectivity index (χ2n) is 8.02. The van der Waals surface area contributed by atoms with Crippen molar-refractivity contribution in [2.45, 2.75) is 13.5 Å². The van der Waals surface area contributed by atoms with E-state index < -0.39 is 23.7 Å². The van der Waals surface area contributed by atoms with Gasteiger partial charge >= 0.3 is 6.03 Å². The summed E-state index contributed by atoms with van der Waals surface area (Å²) in [6, 6.07) is 21.8. The van der Waals surface area contributed by atoms with E-state index in [1.54, 1.807) is 0 Å². The van der Waals surface area contributed by atoms with E-state index in [0.717, 1.165) is 44.8 Å². The number of nitrogens with one attached hydrogen (secondary N) is 1. The van der Waals surface area contributed by atoms with Crippen molar-refractivity contribution in [2.75, 3.05) is 4.90 Å². The van der Waals surface area contributed by atoms with Crippen LogP contribution in [0.15, 0.2) is 84.4 Å². The van der Waals surface area contributed by atoms with Crippen LogP contribution >= 0.6 is 0 Å². The first kappa shape index (κ1) is 21.3. The van der Waals surface area contributed by atoms with Crippen LogP contribution in [0.4, 0.5) is 14.9 Å². The molecule has 1 aromatic heterocycles. The highest BCUT2D eigenvalue weighted by molar-refractivity contribution is 6.39. The van der Waals surface area contributed by atoms with Crippen LogP contribution in [-0.4, -0.2) is 22.4 Å². The third-order valence-electron chi connectivity index (χ3n) is 5.94. The lowest BCUT2D eigenvalue weighted by molar-refractivity contribution is -0.122. The van der Waals surface area contributed by atoms with E-state index in [-0.39, 0.29) is 11.3 Å². The zero-order valence-electron chi connectivity index (χ0n) is 18.3. The average Bonchev–Trinajstić information content (AvgIpc) is 3.09. The Balaban J connectivity index is 1.61. The van der Waals surface area contributed by atoms with Gasteiger partial charge in [-0.05, 0) is 48.9 Å². The Morgan fingerprint density at radius 3 is 2.29 bits per heavy atom. The predicted molar refractivity (Wildman–Crippen MR) is 128 cm³/mol. The summed E-state index contributed by atoms with van der Waals surface area (Å²) in [5.41, 5.74) is 3.68. The minimum atomic E-state index is -0.873. The molecule has 34 heavy (non-hydrogen) atoms. The Hall–Kier alpha value is -4.52. The molecule has 3 aromatic carbocycles. The fourth-order valence-electron chi connectivity index (χ4n) is 4.24. The lowest BCUT2D eigenvalue weighted by Crippen LogP contribution is -2.54. The molecule has 1 saturated heterocycles. The van der Waals surface area contributed by atoms with Crippen LogP contribution < -0.4 is 10.2 Å². The molecule has 1 aliphatic rings. The SMILES string of the molecule is Cc1c(/C=C2\C(=O)NC(=O)N(c3ccc(F)cc3)C2=O)c2ccccc2n1Cc1ccccc1. The van der Waals surface area contributed by atoms with Crippen molar-refractivity contribution in [3.8, 4) is 0 Å². The van der Waals surface area contributed by atoms with Gasteiger partial charge in [-0.2, -0.15) is 0 Å². The molecule has 1 aliphatic heterocycles. The molecule has 0 bridgehead atoms. The minimum Gasteiger partial charge on any atom is -0.340 e. The van der Waals surface area contributed by atoms with Gasteiger partial charge in [0.15, 0.2) is 0 Å². The van der Waals surface area contributed by atoms with Gasteiger partial charge in [0.05, 0.1) is 5.69 Å². The molecule has 0 unspecified atom stereocenters. The maximum absolute atomic E-state index is 13.4. The Morgan fingerprint density at radius 2 is 1.56 bits per heavy atom. The Kier molecular flexibility index (Phi) is 5.30. The number of para-hydroxylation sites is 1. The molecule has 5 rings (SSSR count). The maximum atomic E-state index is 13.4. The molecule has 0 aliphatic carbocycles. The number of hydrogen-bond donors (Lipinski definition) is 1. The van der Waals surface area contributed by atoms with Crippen molar-refractivity contribution in [2.24, 2.45) is 0 Å². The fourth-order valence-corrected chi connectivity index (χ4v) is 4.24. The van der Waals surface area contributed by atoms with Crippen molar-refractivity contribution < 1.29 is 18.8 Å². The number of amides is 4. The smallest absolute Gasteiger partial charge is 0.335 e. The van der Waals surface area contributed by atoms with E-state index in [4.69, 9.17) is 0 Å². The van der Waals surface area contributed by atoms with Gasteiger partial charge in [-0.3, -0.25) is 14.9 Å². The van der Waals surface area contributed by atoms with Gasteiger partial charge in [-0.25, -0.2) is 14.1 Å². The maximum Gasteiger partial charge on any atom is 0.335 e. The van der Waals surface area contributed by atoms with Gasteiger partial charge < -0.3 is 4.57 Å². The highest BCUT2D eigenvalue weighted by Gasteiger charge is 2.37. The number of halogens is 1. The monoisotopic (exact) mass is 453 g/mol. The lowest BCUT2D eigenvalue weighted by Gasteiger charge is -2.26. The third-order valence-corrected chi connectivity index (χ3v) is 5.94. The molecule has 168 valence electrons. The summed E-state index contributed by atoms with van der Waals surface area (Å²) in [4.78, 5) is 39.2. The highest BCUT2D eigenvalue weighted by Crippen LogP contribution is 2.30. The number of carbonyl (C=O) groups excluding carboxylic acids is 3. The largest absolute Gasteiger partial charge is 0.340 e. The van der Waals surface area contributed by atoms with Crippen LogP contribution in [0, 0.1) is 12.7 Å². The summed E-state index contributed by atoms with van der Waals surface area (Å²) in [5, 5.41) is 3.10. The summed E-state index contributed by atoms with van der Waals surface area (Å²) < 4.78 is 15.5. The molecule has 6 nitrogen and oxygen atoms in total. The van der Waals surface area contributed by atoms with Crippen molar-refractivity contribution in [3.05, 3.63) is 107 Å². The first-order valence-electron chi connectivity index (χ1n) is 10.7. The topological polar surface area (TPSA) is 71.4 Å². The highest BCUT2D eigenvalue weighted by atomic mass is 19.1. The van der Waals surface area contributed by atoms with Crippen molar-refractivity contribution in [1.29, 1.82) is 0 Å². The summed E-state index contributed by atoms with van der Waals surface area (Å²) >= 11 is 0. The molecule has 1 fully saturated rings. The number of imide groups is 2. The quantitative estimate of drug-likeness (QED) is 0.356. The average molecular weight is 453 g/mol. The molecule has 7 heteroatoms. The number of anilines is 1. The van der Waals surface area contributed by atoms with Crippen LogP contribution in [-0.2, 0) is 16.1 Å². The third kappa shape index (κ3) is 3.67. The Bertz CT molecular complexity index is 1470. The fraction of sp³-hybridized carbons (Fsp3) is 0.0741. The van der Waals surface area contributed by atoms with E-state index in [9.17, 15) is 18.8 Å². The summed E-state index contributed by atoms with van der Waals surface area (Å²) in [7, 11) is 0. The molecule has 0 saturated carbocycles. The number of nitrogens with zero attached hydrogens (tertiary/aromatic N) is 2. The number of hydrogen-bond acceptors (Lipinski definition) is 3. The van der Waals surface area contributed by atoms with Crippen molar-refractivity contribution in [3.63, 3.8) is 0 Å². The second-order valence-corrected chi connectivity index (χ2v) is 8.02. The number of fused-ring (bicyclic) bond motifs is 1. The molecule has 2 heterocycles. The van der Waals surface area contributed by atoms with Gasteiger partial charge in [0.1, 0.15) is 11.4 Å². The molecule has 0 spiro atoms. The first-order chi connectivity index (χ1) is 16.4. The minimum absolute atomic E-state index is 0.172. The van der Waals surface area contributed by atoms with E-state index in [1.165, 1.54) is 18.2 Å². The number of barbiturate groups is 1. The van der Waals surface area contributed by atoms with Gasteiger partial charge in [0, 0.05) is 28.7 Å². The standard InChI is InChI=1S/C27H20FN3O3/c1-17-22(21-9-5-6-10-24(21)30(17)16-18-7-3-2-4-8-18)15-23-25(32)29-27(34)31(26(23)33)20-13-11-19(28)12-14-20/h2-15H,16H2,1H3,(H,29,32,34)/b23-15+. The van der Waals surface area contributed by atoms with Crippen molar-refractivity contribution >= 4 is 40.5 Å². The van der Waals surface area contributed by atoms with E-state index in [2.05, 4.69) is 9.88 Å². The van der Waals surface area contributed by atoms with Gasteiger partial charge in [-0.1, -0.05) is 48.5 Å². The normalized spacial score (nSPS) is 15.3. The second kappa shape index (κ2) is 8.44. The van der Waals surface area contributed by atoms with Gasteiger partial charge in [0.2, 0.25) is 0 Å². The summed E-state index contributed by atoms with van der Waals surface area (Å²) in [5.74, 6) is -2.03. The predicted octanol–water partition coefficient (Wildman–Crippen LogP) is 4.80. The van der Waals surface area contributed by atoms with E-state index >= 15 is 0 Å². The molecular weight excluding hydrogens is 433 g/mol.